The van der Waals surface area contributed by atoms with Gasteiger partial charge in [-0.25, -0.2) is 0 Å². The third-order valence-electron chi connectivity index (χ3n) is 4.50. The molecule has 1 aromatic carbocycles. The first kappa shape index (κ1) is 21.3. The van der Waals surface area contributed by atoms with Gasteiger partial charge in [-0.05, 0) is 43.1 Å². The van der Waals surface area contributed by atoms with Gasteiger partial charge in [0.05, 0.1) is 7.11 Å². The van der Waals surface area contributed by atoms with E-state index in [9.17, 15) is 9.59 Å². The molecule has 0 bridgehead atoms. The van der Waals surface area contributed by atoms with Crippen molar-refractivity contribution in [2.75, 3.05) is 27.2 Å². The van der Waals surface area contributed by atoms with E-state index in [-0.39, 0.29) is 36.2 Å². The number of benzene rings is 1. The molecule has 1 fully saturated rings. The SMILES string of the molecule is COc1ccc(C(=O)NC(C(=O)N(C)C2CCNC2)C(C)C)cc1.Cl. The van der Waals surface area contributed by atoms with E-state index >= 15 is 0 Å². The van der Waals surface area contributed by atoms with Gasteiger partial charge in [-0.3, -0.25) is 9.59 Å². The molecule has 140 valence electrons. The fraction of sp³-hybridized carbons (Fsp3) is 0.556. The molecule has 6 nitrogen and oxygen atoms in total. The molecule has 1 aromatic rings. The summed E-state index contributed by atoms with van der Waals surface area (Å²) >= 11 is 0. The summed E-state index contributed by atoms with van der Waals surface area (Å²) in [7, 11) is 3.39. The predicted molar refractivity (Wildman–Crippen MR) is 100 cm³/mol. The highest BCUT2D eigenvalue weighted by Crippen LogP contribution is 2.14. The van der Waals surface area contributed by atoms with Crippen LogP contribution in [0.3, 0.4) is 0 Å². The van der Waals surface area contributed by atoms with Gasteiger partial charge in [0.2, 0.25) is 5.91 Å². The monoisotopic (exact) mass is 369 g/mol. The van der Waals surface area contributed by atoms with Crippen molar-refractivity contribution in [3.8, 4) is 5.75 Å². The van der Waals surface area contributed by atoms with Crippen LogP contribution in [0.25, 0.3) is 0 Å². The topological polar surface area (TPSA) is 70.7 Å². The van der Waals surface area contributed by atoms with Crippen molar-refractivity contribution in [2.24, 2.45) is 5.92 Å². The van der Waals surface area contributed by atoms with Gasteiger partial charge in [-0.1, -0.05) is 13.8 Å². The first-order valence-electron chi connectivity index (χ1n) is 8.36. The van der Waals surface area contributed by atoms with Gasteiger partial charge < -0.3 is 20.3 Å². The van der Waals surface area contributed by atoms with Crippen molar-refractivity contribution in [1.82, 2.24) is 15.5 Å². The molecule has 2 rings (SSSR count). The quantitative estimate of drug-likeness (QED) is 0.800. The Bertz CT molecular complexity index is 571. The zero-order chi connectivity index (χ0) is 17.7. The standard InChI is InChI=1S/C18H27N3O3.ClH/c1-12(2)16(18(23)21(3)14-9-10-19-11-14)20-17(22)13-5-7-15(24-4)8-6-13;/h5-8,12,14,16,19H,9-11H2,1-4H3,(H,20,22);1H. The molecule has 1 aliphatic heterocycles. The van der Waals surface area contributed by atoms with Crippen LogP contribution in [-0.2, 0) is 4.79 Å². The molecule has 2 N–H and O–H groups in total. The summed E-state index contributed by atoms with van der Waals surface area (Å²) in [6.45, 7) is 5.61. The first-order chi connectivity index (χ1) is 11.4. The summed E-state index contributed by atoms with van der Waals surface area (Å²) in [6, 6.07) is 6.51. The molecule has 1 saturated heterocycles. The van der Waals surface area contributed by atoms with Crippen molar-refractivity contribution in [3.63, 3.8) is 0 Å². The number of hydrogen-bond donors (Lipinski definition) is 2. The van der Waals surface area contributed by atoms with E-state index in [0.29, 0.717) is 11.3 Å². The van der Waals surface area contributed by atoms with Crippen LogP contribution in [0.5, 0.6) is 5.75 Å². The van der Waals surface area contributed by atoms with E-state index in [1.165, 1.54) is 0 Å². The van der Waals surface area contributed by atoms with Crippen LogP contribution in [0.2, 0.25) is 0 Å². The zero-order valence-electron chi connectivity index (χ0n) is 15.2. The fourth-order valence-corrected chi connectivity index (χ4v) is 2.85. The van der Waals surface area contributed by atoms with Gasteiger partial charge in [0.1, 0.15) is 11.8 Å². The summed E-state index contributed by atoms with van der Waals surface area (Å²) in [6.07, 6.45) is 0.944. The lowest BCUT2D eigenvalue weighted by Gasteiger charge is -2.30. The normalized spacial score (nSPS) is 17.6. The number of carbonyl (C=O) groups excluding carboxylic acids is 2. The lowest BCUT2D eigenvalue weighted by molar-refractivity contribution is -0.134. The van der Waals surface area contributed by atoms with E-state index in [1.54, 1.807) is 36.3 Å². The van der Waals surface area contributed by atoms with Crippen molar-refractivity contribution >= 4 is 24.2 Å². The van der Waals surface area contributed by atoms with Crippen molar-refractivity contribution < 1.29 is 14.3 Å². The van der Waals surface area contributed by atoms with E-state index in [1.807, 2.05) is 20.9 Å². The minimum absolute atomic E-state index is 0. The summed E-state index contributed by atoms with van der Waals surface area (Å²) in [5.74, 6) is 0.413. The van der Waals surface area contributed by atoms with E-state index in [4.69, 9.17) is 4.74 Å². The van der Waals surface area contributed by atoms with Crippen molar-refractivity contribution in [2.45, 2.75) is 32.4 Å². The van der Waals surface area contributed by atoms with Gasteiger partial charge >= 0.3 is 0 Å². The van der Waals surface area contributed by atoms with E-state index < -0.39 is 6.04 Å². The van der Waals surface area contributed by atoms with Crippen molar-refractivity contribution in [1.29, 1.82) is 0 Å². The van der Waals surface area contributed by atoms with Gasteiger partial charge in [0, 0.05) is 25.2 Å². The molecule has 0 aliphatic carbocycles. The predicted octanol–water partition coefficient (Wildman–Crippen LogP) is 1.69. The zero-order valence-corrected chi connectivity index (χ0v) is 16.1. The first-order valence-corrected chi connectivity index (χ1v) is 8.36. The lowest BCUT2D eigenvalue weighted by Crippen LogP contribution is -2.53. The second-order valence-corrected chi connectivity index (χ2v) is 6.52. The Morgan fingerprint density at radius 3 is 2.40 bits per heavy atom. The Labute approximate surface area is 155 Å². The average molecular weight is 370 g/mol. The number of likely N-dealkylation sites (N-methyl/N-ethyl adjacent to an activating group) is 1. The molecule has 25 heavy (non-hydrogen) atoms. The third kappa shape index (κ3) is 5.34. The number of amides is 2. The number of nitrogens with zero attached hydrogens (tertiary/aromatic N) is 1. The maximum absolute atomic E-state index is 12.8. The highest BCUT2D eigenvalue weighted by atomic mass is 35.5. The van der Waals surface area contributed by atoms with Crippen LogP contribution < -0.4 is 15.4 Å². The average Bonchev–Trinajstić information content (AvgIpc) is 3.12. The Morgan fingerprint density at radius 2 is 1.92 bits per heavy atom. The van der Waals surface area contributed by atoms with E-state index in [2.05, 4.69) is 10.6 Å². The highest BCUT2D eigenvalue weighted by Gasteiger charge is 2.31. The number of carbonyl (C=O) groups is 2. The molecule has 7 heteroatoms. The smallest absolute Gasteiger partial charge is 0.251 e. The van der Waals surface area contributed by atoms with Gasteiger partial charge in [-0.2, -0.15) is 0 Å². The largest absolute Gasteiger partial charge is 0.497 e. The Balaban J connectivity index is 0.00000312. The molecule has 0 saturated carbocycles. The van der Waals surface area contributed by atoms with Crippen LogP contribution >= 0.6 is 12.4 Å². The van der Waals surface area contributed by atoms with Gasteiger partial charge in [0.25, 0.3) is 5.91 Å². The number of halogens is 1. The molecule has 0 spiro atoms. The number of nitrogens with one attached hydrogen (secondary N) is 2. The van der Waals surface area contributed by atoms with Crippen LogP contribution in [0.4, 0.5) is 0 Å². The maximum atomic E-state index is 12.8. The Hall–Kier alpha value is -1.79. The summed E-state index contributed by atoms with van der Waals surface area (Å²) < 4.78 is 5.10. The lowest BCUT2D eigenvalue weighted by atomic mass is 10.0. The van der Waals surface area contributed by atoms with Crippen LogP contribution in [0, 0.1) is 5.92 Å². The van der Waals surface area contributed by atoms with Crippen LogP contribution in [0.15, 0.2) is 24.3 Å². The van der Waals surface area contributed by atoms with Gasteiger partial charge in [-0.15, -0.1) is 12.4 Å². The number of ether oxygens (including phenoxy) is 1. The van der Waals surface area contributed by atoms with Gasteiger partial charge in [0.15, 0.2) is 0 Å². The summed E-state index contributed by atoms with van der Waals surface area (Å²) in [5.41, 5.74) is 0.513. The van der Waals surface area contributed by atoms with E-state index in [0.717, 1.165) is 19.5 Å². The number of methoxy groups -OCH3 is 1. The molecule has 1 heterocycles. The molecule has 0 aromatic heterocycles. The number of hydrogen-bond acceptors (Lipinski definition) is 4. The Kier molecular flexibility index (Phi) is 8.19. The summed E-state index contributed by atoms with van der Waals surface area (Å²) in [4.78, 5) is 27.0. The minimum atomic E-state index is -0.537. The minimum Gasteiger partial charge on any atom is -0.497 e. The number of rotatable bonds is 6. The summed E-state index contributed by atoms with van der Waals surface area (Å²) in [5, 5.41) is 6.14. The maximum Gasteiger partial charge on any atom is 0.251 e. The third-order valence-corrected chi connectivity index (χ3v) is 4.50. The molecule has 1 aliphatic rings. The molecule has 2 amide bonds. The molecular formula is C18H28ClN3O3. The van der Waals surface area contributed by atoms with Crippen LogP contribution in [0.1, 0.15) is 30.6 Å². The molecule has 2 atom stereocenters. The molecular weight excluding hydrogens is 342 g/mol. The molecule has 2 unspecified atom stereocenters. The second kappa shape index (κ2) is 9.63. The second-order valence-electron chi connectivity index (χ2n) is 6.52. The highest BCUT2D eigenvalue weighted by molar-refractivity contribution is 5.97. The molecule has 0 radical (unpaired) electrons. The Morgan fingerprint density at radius 1 is 1.28 bits per heavy atom. The van der Waals surface area contributed by atoms with Crippen LogP contribution in [-0.4, -0.2) is 56.0 Å². The van der Waals surface area contributed by atoms with Crippen molar-refractivity contribution in [3.05, 3.63) is 29.8 Å². The fourth-order valence-electron chi connectivity index (χ4n) is 2.85.